The Kier molecular flexibility index (Phi) is 4.12. The van der Waals surface area contributed by atoms with Crippen LogP contribution in [-0.4, -0.2) is 23.7 Å². The molecule has 1 atom stereocenters. The summed E-state index contributed by atoms with van der Waals surface area (Å²) in [5.41, 5.74) is 1.41. The van der Waals surface area contributed by atoms with Gasteiger partial charge in [-0.1, -0.05) is 18.2 Å². The molecule has 0 aliphatic carbocycles. The number of aliphatic hydroxyl groups is 1. The molecule has 1 aliphatic heterocycles. The van der Waals surface area contributed by atoms with Gasteiger partial charge in [0.15, 0.2) is 0 Å². The Morgan fingerprint density at radius 2 is 2.29 bits per heavy atom. The van der Waals surface area contributed by atoms with E-state index in [1.54, 1.807) is 12.1 Å². The molecule has 1 fully saturated rings. The van der Waals surface area contributed by atoms with Crippen molar-refractivity contribution in [3.05, 3.63) is 29.8 Å². The van der Waals surface area contributed by atoms with Crippen molar-refractivity contribution in [2.24, 2.45) is 0 Å². The molecule has 1 heterocycles. The molecule has 2 rings (SSSR count). The number of carbonyl (C=O) groups excluding carboxylic acids is 1. The molecule has 1 aromatic carbocycles. The maximum absolute atomic E-state index is 11.8. The maximum atomic E-state index is 11.8. The largest absolute Gasteiger partial charge is 0.392 e. The van der Waals surface area contributed by atoms with E-state index >= 15 is 0 Å². The van der Waals surface area contributed by atoms with Crippen LogP contribution in [0.1, 0.15) is 24.8 Å². The van der Waals surface area contributed by atoms with Gasteiger partial charge in [0.25, 0.3) is 0 Å². The lowest BCUT2D eigenvalue weighted by molar-refractivity contribution is -0.118. The van der Waals surface area contributed by atoms with Crippen LogP contribution in [0.5, 0.6) is 0 Å². The van der Waals surface area contributed by atoms with Crippen LogP contribution in [0, 0.1) is 0 Å². The number of para-hydroxylation sites is 1. The van der Waals surface area contributed by atoms with Crippen molar-refractivity contribution >= 4 is 11.6 Å². The molecule has 4 nitrogen and oxygen atoms in total. The highest BCUT2D eigenvalue weighted by molar-refractivity contribution is 5.91. The van der Waals surface area contributed by atoms with Crippen LogP contribution in [0.2, 0.25) is 0 Å². The summed E-state index contributed by atoms with van der Waals surface area (Å²) in [4.78, 5) is 11.8. The Labute approximate surface area is 101 Å². The van der Waals surface area contributed by atoms with Crippen LogP contribution in [0.4, 0.5) is 5.69 Å². The number of benzene rings is 1. The van der Waals surface area contributed by atoms with Gasteiger partial charge >= 0.3 is 0 Å². The number of rotatable bonds is 4. The minimum Gasteiger partial charge on any atom is -0.392 e. The lowest BCUT2D eigenvalue weighted by Gasteiger charge is -2.11. The van der Waals surface area contributed by atoms with Gasteiger partial charge in [0.1, 0.15) is 0 Å². The summed E-state index contributed by atoms with van der Waals surface area (Å²) < 4.78 is 5.41. The Morgan fingerprint density at radius 1 is 1.47 bits per heavy atom. The van der Waals surface area contributed by atoms with E-state index in [1.165, 1.54) is 0 Å². The lowest BCUT2D eigenvalue weighted by atomic mass is 10.1. The first-order valence-corrected chi connectivity index (χ1v) is 5.90. The van der Waals surface area contributed by atoms with E-state index in [-0.39, 0.29) is 18.6 Å². The molecule has 1 aliphatic rings. The van der Waals surface area contributed by atoms with Crippen LogP contribution in [-0.2, 0) is 16.1 Å². The zero-order valence-corrected chi connectivity index (χ0v) is 9.69. The zero-order chi connectivity index (χ0) is 12.1. The molecule has 0 spiro atoms. The van der Waals surface area contributed by atoms with Crippen molar-refractivity contribution in [2.75, 3.05) is 11.9 Å². The van der Waals surface area contributed by atoms with E-state index in [0.29, 0.717) is 12.1 Å². The normalized spacial score (nSPS) is 19.2. The van der Waals surface area contributed by atoms with E-state index in [0.717, 1.165) is 25.0 Å². The monoisotopic (exact) mass is 235 g/mol. The third-order valence-electron chi connectivity index (χ3n) is 2.90. The van der Waals surface area contributed by atoms with Crippen molar-refractivity contribution in [1.29, 1.82) is 0 Å². The van der Waals surface area contributed by atoms with Crippen LogP contribution in [0.25, 0.3) is 0 Å². The topological polar surface area (TPSA) is 58.6 Å². The lowest BCUT2D eigenvalue weighted by Crippen LogP contribution is -2.19. The number of nitrogens with one attached hydrogen (secondary N) is 1. The SMILES string of the molecule is O=C(CC1CCCO1)Nc1ccccc1CO. The Morgan fingerprint density at radius 3 is 3.00 bits per heavy atom. The number of amides is 1. The molecule has 0 bridgehead atoms. The van der Waals surface area contributed by atoms with Crippen molar-refractivity contribution in [2.45, 2.75) is 32.0 Å². The second-order valence-corrected chi connectivity index (χ2v) is 4.20. The standard InChI is InChI=1S/C13H17NO3/c15-9-10-4-1-2-6-12(10)14-13(16)8-11-5-3-7-17-11/h1-2,4,6,11,15H,3,5,7-9H2,(H,14,16). The van der Waals surface area contributed by atoms with E-state index in [4.69, 9.17) is 9.84 Å². The highest BCUT2D eigenvalue weighted by atomic mass is 16.5. The van der Waals surface area contributed by atoms with E-state index in [1.807, 2.05) is 12.1 Å². The summed E-state index contributed by atoms with van der Waals surface area (Å²) >= 11 is 0. The second-order valence-electron chi connectivity index (χ2n) is 4.20. The first-order chi connectivity index (χ1) is 8.29. The smallest absolute Gasteiger partial charge is 0.226 e. The number of hydrogen-bond donors (Lipinski definition) is 2. The number of carbonyl (C=O) groups is 1. The van der Waals surface area contributed by atoms with Crippen molar-refractivity contribution < 1.29 is 14.6 Å². The van der Waals surface area contributed by atoms with Crippen LogP contribution >= 0.6 is 0 Å². The summed E-state index contributed by atoms with van der Waals surface area (Å²) in [5, 5.41) is 11.9. The first kappa shape index (κ1) is 12.1. The van der Waals surface area contributed by atoms with Gasteiger partial charge in [0.2, 0.25) is 5.91 Å². The van der Waals surface area contributed by atoms with E-state index < -0.39 is 0 Å². The van der Waals surface area contributed by atoms with E-state index in [9.17, 15) is 4.79 Å². The zero-order valence-electron chi connectivity index (χ0n) is 9.69. The number of hydrogen-bond acceptors (Lipinski definition) is 3. The predicted octanol–water partition coefficient (Wildman–Crippen LogP) is 1.69. The van der Waals surface area contributed by atoms with Gasteiger partial charge in [0.05, 0.1) is 19.1 Å². The third kappa shape index (κ3) is 3.28. The van der Waals surface area contributed by atoms with E-state index in [2.05, 4.69) is 5.32 Å². The first-order valence-electron chi connectivity index (χ1n) is 5.90. The average molecular weight is 235 g/mol. The predicted molar refractivity (Wildman–Crippen MR) is 64.6 cm³/mol. The minimum atomic E-state index is -0.0730. The Bertz CT molecular complexity index is 386. The van der Waals surface area contributed by atoms with Crippen LogP contribution in [0.3, 0.4) is 0 Å². The molecule has 1 aromatic rings. The van der Waals surface area contributed by atoms with Crippen molar-refractivity contribution in [1.82, 2.24) is 0 Å². The molecule has 92 valence electrons. The molecule has 0 saturated carbocycles. The molecule has 2 N–H and O–H groups in total. The molecule has 0 aromatic heterocycles. The van der Waals surface area contributed by atoms with Gasteiger partial charge < -0.3 is 15.2 Å². The fourth-order valence-corrected chi connectivity index (χ4v) is 1.99. The van der Waals surface area contributed by atoms with Crippen LogP contribution in [0.15, 0.2) is 24.3 Å². The molecule has 17 heavy (non-hydrogen) atoms. The molecular weight excluding hydrogens is 218 g/mol. The fraction of sp³-hybridized carbons (Fsp3) is 0.462. The summed E-state index contributed by atoms with van der Waals surface area (Å²) in [6, 6.07) is 7.25. The maximum Gasteiger partial charge on any atom is 0.226 e. The summed E-state index contributed by atoms with van der Waals surface area (Å²) in [5.74, 6) is -0.0576. The average Bonchev–Trinajstić information content (AvgIpc) is 2.82. The summed E-state index contributed by atoms with van der Waals surface area (Å²) in [6.07, 6.45) is 2.43. The molecular formula is C13H17NO3. The summed E-state index contributed by atoms with van der Waals surface area (Å²) in [7, 11) is 0. The quantitative estimate of drug-likeness (QED) is 0.834. The van der Waals surface area contributed by atoms with Crippen LogP contribution < -0.4 is 5.32 Å². The Balaban J connectivity index is 1.92. The second kappa shape index (κ2) is 5.80. The van der Waals surface area contributed by atoms with Gasteiger partial charge in [-0.05, 0) is 18.9 Å². The fourth-order valence-electron chi connectivity index (χ4n) is 1.99. The van der Waals surface area contributed by atoms with Gasteiger partial charge in [-0.15, -0.1) is 0 Å². The van der Waals surface area contributed by atoms with Gasteiger partial charge in [-0.2, -0.15) is 0 Å². The highest BCUT2D eigenvalue weighted by Gasteiger charge is 2.19. The number of ether oxygens (including phenoxy) is 1. The molecule has 0 radical (unpaired) electrons. The highest BCUT2D eigenvalue weighted by Crippen LogP contribution is 2.18. The van der Waals surface area contributed by atoms with Crippen molar-refractivity contribution in [3.63, 3.8) is 0 Å². The van der Waals surface area contributed by atoms with Gasteiger partial charge in [-0.3, -0.25) is 4.79 Å². The molecule has 1 saturated heterocycles. The van der Waals surface area contributed by atoms with Crippen molar-refractivity contribution in [3.8, 4) is 0 Å². The third-order valence-corrected chi connectivity index (χ3v) is 2.90. The number of aliphatic hydroxyl groups excluding tert-OH is 1. The molecule has 1 amide bonds. The minimum absolute atomic E-state index is 0.0521. The summed E-state index contributed by atoms with van der Waals surface area (Å²) in [6.45, 7) is 0.682. The molecule has 1 unspecified atom stereocenters. The van der Waals surface area contributed by atoms with Gasteiger partial charge in [0, 0.05) is 17.9 Å². The number of anilines is 1. The van der Waals surface area contributed by atoms with Gasteiger partial charge in [-0.25, -0.2) is 0 Å². The molecule has 4 heteroatoms. The Hall–Kier alpha value is -1.39.